The first-order valence-electron chi connectivity index (χ1n) is 6.39. The molecule has 19 heavy (non-hydrogen) atoms. The third-order valence-corrected chi connectivity index (χ3v) is 3.72. The summed E-state index contributed by atoms with van der Waals surface area (Å²) in [5.74, 6) is 0. The van der Waals surface area contributed by atoms with Gasteiger partial charge < -0.3 is 0 Å². The molecule has 0 heterocycles. The Balaban J connectivity index is 2.33. The van der Waals surface area contributed by atoms with Crippen molar-refractivity contribution in [3.63, 3.8) is 0 Å². The zero-order valence-electron chi connectivity index (χ0n) is 10.5. The van der Waals surface area contributed by atoms with Gasteiger partial charge in [-0.05, 0) is 48.1 Å². The van der Waals surface area contributed by atoms with E-state index in [1.807, 2.05) is 12.1 Å². The lowest BCUT2D eigenvalue weighted by Gasteiger charge is -2.11. The lowest BCUT2D eigenvalue weighted by Crippen LogP contribution is -1.94. The molecule has 2 aromatic rings. The first-order valence-corrected chi connectivity index (χ1v) is 6.39. The van der Waals surface area contributed by atoms with Crippen molar-refractivity contribution in [2.24, 2.45) is 0 Å². The normalized spacial score (nSPS) is 12.5. The van der Waals surface area contributed by atoms with Crippen molar-refractivity contribution in [2.45, 2.75) is 19.3 Å². The first-order chi connectivity index (χ1) is 9.35. The smallest absolute Gasteiger partial charge is 0.0998 e. The van der Waals surface area contributed by atoms with Gasteiger partial charge in [0.15, 0.2) is 0 Å². The van der Waals surface area contributed by atoms with Crippen molar-refractivity contribution >= 4 is 0 Å². The van der Waals surface area contributed by atoms with E-state index in [0.717, 1.165) is 30.4 Å². The van der Waals surface area contributed by atoms with Crippen molar-refractivity contribution < 1.29 is 0 Å². The van der Waals surface area contributed by atoms with Gasteiger partial charge in [-0.15, -0.1) is 0 Å². The average molecular weight is 244 g/mol. The number of benzene rings is 2. The van der Waals surface area contributed by atoms with Gasteiger partial charge in [-0.25, -0.2) is 0 Å². The molecule has 0 N–H and O–H groups in total. The van der Waals surface area contributed by atoms with Gasteiger partial charge in [0, 0.05) is 5.56 Å². The molecule has 2 heteroatoms. The molecule has 1 aliphatic rings. The molecule has 0 spiro atoms. The lowest BCUT2D eigenvalue weighted by atomic mass is 9.90. The van der Waals surface area contributed by atoms with Crippen LogP contribution in [0.5, 0.6) is 0 Å². The largest absolute Gasteiger partial charge is 0.192 e. The fourth-order valence-electron chi connectivity index (χ4n) is 2.88. The number of nitrogens with zero attached hydrogens (tertiary/aromatic N) is 2. The van der Waals surface area contributed by atoms with E-state index in [9.17, 15) is 10.5 Å². The van der Waals surface area contributed by atoms with Gasteiger partial charge in [-0.3, -0.25) is 0 Å². The summed E-state index contributed by atoms with van der Waals surface area (Å²) in [6.45, 7) is 0. The molecule has 0 aromatic heterocycles. The molecule has 0 fully saturated rings. The van der Waals surface area contributed by atoms with Crippen molar-refractivity contribution in [3.8, 4) is 23.3 Å². The Kier molecular flexibility index (Phi) is 2.78. The van der Waals surface area contributed by atoms with E-state index < -0.39 is 0 Å². The summed E-state index contributed by atoms with van der Waals surface area (Å²) >= 11 is 0. The summed E-state index contributed by atoms with van der Waals surface area (Å²) in [4.78, 5) is 0. The van der Waals surface area contributed by atoms with Gasteiger partial charge in [0.1, 0.15) is 0 Å². The van der Waals surface area contributed by atoms with E-state index in [0.29, 0.717) is 11.1 Å². The topological polar surface area (TPSA) is 47.6 Å². The Morgan fingerprint density at radius 2 is 1.53 bits per heavy atom. The van der Waals surface area contributed by atoms with Crippen LogP contribution in [0.3, 0.4) is 0 Å². The van der Waals surface area contributed by atoms with Crippen molar-refractivity contribution in [2.75, 3.05) is 0 Å². The number of aryl methyl sites for hydroxylation is 1. The molecule has 2 aromatic carbocycles. The molecule has 0 saturated carbocycles. The minimum absolute atomic E-state index is 0.583. The predicted octanol–water partition coefficient (Wildman–Crippen LogP) is 3.59. The van der Waals surface area contributed by atoms with E-state index in [-0.39, 0.29) is 0 Å². The van der Waals surface area contributed by atoms with Gasteiger partial charge in [-0.2, -0.15) is 10.5 Å². The zero-order valence-corrected chi connectivity index (χ0v) is 10.5. The predicted molar refractivity (Wildman–Crippen MR) is 73.3 cm³/mol. The molecule has 0 bridgehead atoms. The van der Waals surface area contributed by atoms with Gasteiger partial charge >= 0.3 is 0 Å². The second kappa shape index (κ2) is 4.59. The SMILES string of the molecule is N#Cc1cccc(C#N)c1-c1cccc2c1CCC2. The van der Waals surface area contributed by atoms with Crippen LogP contribution in [0.1, 0.15) is 28.7 Å². The minimum atomic E-state index is 0.583. The fourth-order valence-corrected chi connectivity index (χ4v) is 2.88. The second-order valence-corrected chi connectivity index (χ2v) is 4.75. The highest BCUT2D eigenvalue weighted by Gasteiger charge is 2.19. The number of hydrogen-bond donors (Lipinski definition) is 0. The standard InChI is InChI=1S/C17H12N2/c18-10-13-6-1-7-14(11-19)17(13)16-9-3-5-12-4-2-8-15(12)16/h1,3,5-7,9H,2,4,8H2. The number of fused-ring (bicyclic) bond motifs is 1. The van der Waals surface area contributed by atoms with E-state index >= 15 is 0 Å². The van der Waals surface area contributed by atoms with Crippen molar-refractivity contribution in [3.05, 3.63) is 58.7 Å². The maximum Gasteiger partial charge on any atom is 0.0998 e. The molecule has 0 saturated heterocycles. The van der Waals surface area contributed by atoms with E-state index in [1.54, 1.807) is 18.2 Å². The molecular weight excluding hydrogens is 232 g/mol. The van der Waals surface area contributed by atoms with Crippen LogP contribution >= 0.6 is 0 Å². The average Bonchev–Trinajstić information content (AvgIpc) is 2.94. The molecule has 0 amide bonds. The third kappa shape index (κ3) is 1.79. The second-order valence-electron chi connectivity index (χ2n) is 4.75. The van der Waals surface area contributed by atoms with Gasteiger partial charge in [0.2, 0.25) is 0 Å². The highest BCUT2D eigenvalue weighted by atomic mass is 14.3. The molecule has 0 aliphatic heterocycles. The highest BCUT2D eigenvalue weighted by Crippen LogP contribution is 2.35. The first kappa shape index (κ1) is 11.5. The molecular formula is C17H12N2. The fraction of sp³-hybridized carbons (Fsp3) is 0.176. The van der Waals surface area contributed by atoms with Crippen LogP contribution in [0.15, 0.2) is 36.4 Å². The molecule has 90 valence electrons. The van der Waals surface area contributed by atoms with Gasteiger partial charge in [0.25, 0.3) is 0 Å². The van der Waals surface area contributed by atoms with Gasteiger partial charge in [-0.1, -0.05) is 24.3 Å². The van der Waals surface area contributed by atoms with E-state index in [4.69, 9.17) is 0 Å². The minimum Gasteiger partial charge on any atom is -0.192 e. The summed E-state index contributed by atoms with van der Waals surface area (Å²) in [6.07, 6.45) is 3.29. The summed E-state index contributed by atoms with van der Waals surface area (Å²) < 4.78 is 0. The molecule has 1 aliphatic carbocycles. The molecule has 0 unspecified atom stereocenters. The lowest BCUT2D eigenvalue weighted by molar-refractivity contribution is 0.912. The molecule has 2 nitrogen and oxygen atoms in total. The Morgan fingerprint density at radius 1 is 0.842 bits per heavy atom. The molecule has 0 atom stereocenters. The number of nitriles is 2. The summed E-state index contributed by atoms with van der Waals surface area (Å²) in [7, 11) is 0. The van der Waals surface area contributed by atoms with Crippen LogP contribution in [-0.2, 0) is 12.8 Å². The number of hydrogen-bond acceptors (Lipinski definition) is 2. The third-order valence-electron chi connectivity index (χ3n) is 3.72. The van der Waals surface area contributed by atoms with Crippen LogP contribution in [0.4, 0.5) is 0 Å². The van der Waals surface area contributed by atoms with E-state index in [2.05, 4.69) is 18.2 Å². The Bertz CT molecular complexity index is 698. The monoisotopic (exact) mass is 244 g/mol. The van der Waals surface area contributed by atoms with Crippen LogP contribution in [-0.4, -0.2) is 0 Å². The Hall–Kier alpha value is -2.58. The summed E-state index contributed by atoms with van der Waals surface area (Å²) in [6, 6.07) is 15.9. The van der Waals surface area contributed by atoms with Crippen LogP contribution in [0.2, 0.25) is 0 Å². The quantitative estimate of drug-likeness (QED) is 0.769. The summed E-state index contributed by atoms with van der Waals surface area (Å²) in [5.41, 5.74) is 5.68. The van der Waals surface area contributed by atoms with Crippen LogP contribution in [0.25, 0.3) is 11.1 Å². The van der Waals surface area contributed by atoms with Gasteiger partial charge in [0.05, 0.1) is 23.3 Å². The number of rotatable bonds is 1. The van der Waals surface area contributed by atoms with E-state index in [1.165, 1.54) is 11.1 Å². The molecule has 3 rings (SSSR count). The Labute approximate surface area is 112 Å². The maximum atomic E-state index is 9.29. The zero-order chi connectivity index (χ0) is 13.2. The van der Waals surface area contributed by atoms with Crippen LogP contribution < -0.4 is 0 Å². The molecule has 0 radical (unpaired) electrons. The summed E-state index contributed by atoms with van der Waals surface area (Å²) in [5, 5.41) is 18.6. The van der Waals surface area contributed by atoms with Crippen molar-refractivity contribution in [1.29, 1.82) is 10.5 Å². The Morgan fingerprint density at radius 3 is 2.21 bits per heavy atom. The van der Waals surface area contributed by atoms with Crippen LogP contribution in [0, 0.1) is 22.7 Å². The maximum absolute atomic E-state index is 9.29. The van der Waals surface area contributed by atoms with Crippen molar-refractivity contribution in [1.82, 2.24) is 0 Å². The highest BCUT2D eigenvalue weighted by molar-refractivity contribution is 5.79.